The number of carbonyl (C=O) groups is 1. The molecule has 2 aromatic heterocycles. The normalized spacial score (nSPS) is 16.8. The van der Waals surface area contributed by atoms with Gasteiger partial charge in [0.05, 0.1) is 11.4 Å². The first kappa shape index (κ1) is 17.8. The first-order chi connectivity index (χ1) is 14.1. The van der Waals surface area contributed by atoms with Gasteiger partial charge in [0.2, 0.25) is 17.6 Å². The average molecular weight is 409 g/mol. The van der Waals surface area contributed by atoms with Gasteiger partial charge in [-0.1, -0.05) is 28.0 Å². The van der Waals surface area contributed by atoms with Crippen LogP contribution in [0.3, 0.4) is 0 Å². The van der Waals surface area contributed by atoms with Crippen LogP contribution in [0.15, 0.2) is 47.0 Å². The molecule has 1 saturated heterocycles. The minimum absolute atomic E-state index is 0.00890. The van der Waals surface area contributed by atoms with Crippen LogP contribution in [-0.4, -0.2) is 37.6 Å². The molecule has 2 aromatic carbocycles. The topological polar surface area (TPSA) is 89.9 Å². The summed E-state index contributed by atoms with van der Waals surface area (Å²) in [5.74, 6) is 0.777. The van der Waals surface area contributed by atoms with E-state index in [-0.39, 0.29) is 11.8 Å². The number of benzene rings is 2. The fourth-order valence-electron chi connectivity index (χ4n) is 3.63. The van der Waals surface area contributed by atoms with Crippen LogP contribution in [0.2, 0.25) is 5.02 Å². The standard InChI is InChI=1S/C20H17ClN6O2/c1-2-27-17-7-6-12(8-16(17)23-25-27)19-22-20(29-24-19)13-9-18(28)26(11-13)15-5-3-4-14(21)10-15/h3-8,10,13H,2,9,11H2,1H3. The van der Waals surface area contributed by atoms with Crippen molar-refractivity contribution >= 4 is 34.2 Å². The molecule has 0 radical (unpaired) electrons. The zero-order chi connectivity index (χ0) is 20.0. The van der Waals surface area contributed by atoms with Crippen LogP contribution >= 0.6 is 11.6 Å². The van der Waals surface area contributed by atoms with Crippen molar-refractivity contribution in [2.75, 3.05) is 11.4 Å². The van der Waals surface area contributed by atoms with Crippen LogP contribution < -0.4 is 4.90 Å². The number of aromatic nitrogens is 5. The van der Waals surface area contributed by atoms with Crippen LogP contribution in [0.1, 0.15) is 25.2 Å². The molecule has 1 amide bonds. The van der Waals surface area contributed by atoms with Gasteiger partial charge >= 0.3 is 0 Å². The number of nitrogens with zero attached hydrogens (tertiary/aromatic N) is 6. The number of hydrogen-bond acceptors (Lipinski definition) is 6. The van der Waals surface area contributed by atoms with Gasteiger partial charge in [-0.05, 0) is 43.3 Å². The monoisotopic (exact) mass is 408 g/mol. The van der Waals surface area contributed by atoms with Crippen molar-refractivity contribution in [1.82, 2.24) is 25.1 Å². The lowest BCUT2D eigenvalue weighted by Crippen LogP contribution is -2.24. The molecule has 1 aliphatic rings. The molecule has 1 unspecified atom stereocenters. The van der Waals surface area contributed by atoms with E-state index in [1.165, 1.54) is 0 Å². The second-order valence-corrected chi connectivity index (χ2v) is 7.39. The number of fused-ring (bicyclic) bond motifs is 1. The SMILES string of the molecule is CCn1nnc2cc(-c3noc(C4CC(=O)N(c5cccc(Cl)c5)C4)n3)ccc21. The molecule has 146 valence electrons. The number of hydrogen-bond donors (Lipinski definition) is 0. The van der Waals surface area contributed by atoms with Crippen molar-refractivity contribution in [3.8, 4) is 11.4 Å². The van der Waals surface area contributed by atoms with Crippen molar-refractivity contribution in [3.05, 3.63) is 53.4 Å². The second kappa shape index (κ2) is 6.97. The minimum atomic E-state index is -0.160. The van der Waals surface area contributed by atoms with Crippen molar-refractivity contribution < 1.29 is 9.32 Å². The average Bonchev–Trinajstić information content (AvgIpc) is 3.45. The van der Waals surface area contributed by atoms with E-state index < -0.39 is 0 Å². The summed E-state index contributed by atoms with van der Waals surface area (Å²) in [6.07, 6.45) is 0.317. The van der Waals surface area contributed by atoms with E-state index in [2.05, 4.69) is 20.5 Å². The highest BCUT2D eigenvalue weighted by Crippen LogP contribution is 2.33. The van der Waals surface area contributed by atoms with Gasteiger partial charge in [-0.3, -0.25) is 4.79 Å². The van der Waals surface area contributed by atoms with Crippen molar-refractivity contribution in [2.45, 2.75) is 25.8 Å². The smallest absolute Gasteiger partial charge is 0.232 e. The maximum absolute atomic E-state index is 12.5. The highest BCUT2D eigenvalue weighted by Gasteiger charge is 2.35. The highest BCUT2D eigenvalue weighted by molar-refractivity contribution is 6.30. The van der Waals surface area contributed by atoms with Gasteiger partial charge in [0, 0.05) is 35.8 Å². The molecular weight excluding hydrogens is 392 g/mol. The lowest BCUT2D eigenvalue weighted by Gasteiger charge is -2.16. The van der Waals surface area contributed by atoms with E-state index in [9.17, 15) is 4.79 Å². The zero-order valence-electron chi connectivity index (χ0n) is 15.6. The van der Waals surface area contributed by atoms with Gasteiger partial charge in [-0.25, -0.2) is 4.68 Å². The van der Waals surface area contributed by atoms with E-state index in [0.717, 1.165) is 28.8 Å². The molecule has 8 nitrogen and oxygen atoms in total. The summed E-state index contributed by atoms with van der Waals surface area (Å²) in [6, 6.07) is 13.0. The molecular formula is C20H17ClN6O2. The summed E-state index contributed by atoms with van der Waals surface area (Å²) in [4.78, 5) is 18.7. The Morgan fingerprint density at radius 3 is 2.97 bits per heavy atom. The lowest BCUT2D eigenvalue weighted by atomic mass is 10.1. The molecule has 0 aliphatic carbocycles. The summed E-state index contributed by atoms with van der Waals surface area (Å²) < 4.78 is 7.32. The molecule has 5 rings (SSSR count). The Labute approximate surface area is 171 Å². The van der Waals surface area contributed by atoms with Crippen LogP contribution in [0.25, 0.3) is 22.4 Å². The summed E-state index contributed by atoms with van der Waals surface area (Å²) in [6.45, 7) is 3.24. The Morgan fingerprint density at radius 2 is 2.14 bits per heavy atom. The predicted octanol–water partition coefficient (Wildman–Crippen LogP) is 3.68. The van der Waals surface area contributed by atoms with Crippen LogP contribution in [0.4, 0.5) is 5.69 Å². The molecule has 1 atom stereocenters. The van der Waals surface area contributed by atoms with Gasteiger partial charge in [-0.15, -0.1) is 5.10 Å². The molecule has 9 heteroatoms. The number of carbonyl (C=O) groups excluding carboxylic acids is 1. The molecule has 3 heterocycles. The maximum Gasteiger partial charge on any atom is 0.232 e. The van der Waals surface area contributed by atoms with Crippen LogP contribution in [-0.2, 0) is 11.3 Å². The fourth-order valence-corrected chi connectivity index (χ4v) is 3.81. The first-order valence-electron chi connectivity index (χ1n) is 9.35. The summed E-state index contributed by atoms with van der Waals surface area (Å²) in [7, 11) is 0. The number of halogens is 1. The number of anilines is 1. The van der Waals surface area contributed by atoms with E-state index >= 15 is 0 Å². The van der Waals surface area contributed by atoms with E-state index in [4.69, 9.17) is 16.1 Å². The number of amides is 1. The van der Waals surface area contributed by atoms with Crippen LogP contribution in [0.5, 0.6) is 0 Å². The molecule has 0 N–H and O–H groups in total. The van der Waals surface area contributed by atoms with E-state index in [1.807, 2.05) is 41.9 Å². The van der Waals surface area contributed by atoms with Gasteiger partial charge in [0.15, 0.2) is 0 Å². The molecule has 4 aromatic rings. The largest absolute Gasteiger partial charge is 0.339 e. The third-order valence-electron chi connectivity index (χ3n) is 5.11. The fraction of sp³-hybridized carbons (Fsp3) is 0.250. The summed E-state index contributed by atoms with van der Waals surface area (Å²) >= 11 is 6.06. The molecule has 0 spiro atoms. The van der Waals surface area contributed by atoms with E-state index in [1.54, 1.807) is 17.0 Å². The maximum atomic E-state index is 12.5. The molecule has 0 bridgehead atoms. The quantitative estimate of drug-likeness (QED) is 0.511. The second-order valence-electron chi connectivity index (χ2n) is 6.95. The minimum Gasteiger partial charge on any atom is -0.339 e. The Hall–Kier alpha value is -3.26. The van der Waals surface area contributed by atoms with Gasteiger partial charge in [0.25, 0.3) is 0 Å². The third-order valence-corrected chi connectivity index (χ3v) is 5.34. The first-order valence-corrected chi connectivity index (χ1v) is 9.73. The predicted molar refractivity (Wildman–Crippen MR) is 108 cm³/mol. The van der Waals surface area contributed by atoms with E-state index in [0.29, 0.717) is 29.7 Å². The molecule has 1 fully saturated rings. The lowest BCUT2D eigenvalue weighted by molar-refractivity contribution is -0.117. The summed E-state index contributed by atoms with van der Waals surface area (Å²) in [5.41, 5.74) is 3.30. The Balaban J connectivity index is 1.39. The van der Waals surface area contributed by atoms with Crippen LogP contribution in [0, 0.1) is 0 Å². The Kier molecular flexibility index (Phi) is 4.28. The van der Waals surface area contributed by atoms with Crippen molar-refractivity contribution in [2.24, 2.45) is 0 Å². The van der Waals surface area contributed by atoms with Crippen molar-refractivity contribution in [3.63, 3.8) is 0 Å². The number of aryl methyl sites for hydroxylation is 1. The van der Waals surface area contributed by atoms with Crippen molar-refractivity contribution in [1.29, 1.82) is 0 Å². The molecule has 1 aliphatic heterocycles. The zero-order valence-corrected chi connectivity index (χ0v) is 16.4. The van der Waals surface area contributed by atoms with Gasteiger partial charge in [-0.2, -0.15) is 4.98 Å². The third kappa shape index (κ3) is 3.15. The Morgan fingerprint density at radius 1 is 1.24 bits per heavy atom. The summed E-state index contributed by atoms with van der Waals surface area (Å²) in [5, 5.41) is 13.0. The Bertz CT molecular complexity index is 1220. The molecule has 0 saturated carbocycles. The number of rotatable bonds is 4. The van der Waals surface area contributed by atoms with Gasteiger partial charge < -0.3 is 9.42 Å². The highest BCUT2D eigenvalue weighted by atomic mass is 35.5. The molecule has 29 heavy (non-hydrogen) atoms. The van der Waals surface area contributed by atoms with Gasteiger partial charge in [0.1, 0.15) is 5.52 Å².